The summed E-state index contributed by atoms with van der Waals surface area (Å²) in [6.07, 6.45) is 3.31. The lowest BCUT2D eigenvalue weighted by atomic mass is 9.98. The van der Waals surface area contributed by atoms with Crippen molar-refractivity contribution in [2.75, 3.05) is 13.1 Å². The second-order valence-electron chi connectivity index (χ2n) is 4.84. The molecule has 5 nitrogen and oxygen atoms in total. The maximum atomic E-state index is 10.3. The molecule has 0 saturated carbocycles. The van der Waals surface area contributed by atoms with Crippen LogP contribution in [0, 0.1) is 6.92 Å². The van der Waals surface area contributed by atoms with Crippen LogP contribution in [0.25, 0.3) is 0 Å². The van der Waals surface area contributed by atoms with Crippen molar-refractivity contribution in [3.05, 3.63) is 16.1 Å². The molecule has 0 unspecified atom stereocenters. The standard InChI is InChI=1S/C14H26N4OS.HI/c1-5-14(19,6-2)10-18-13(15-7-3)17-9-12-16-8-11(4)20-12;/h8,19H,5-7,9-10H2,1-4H3,(H2,15,17,18);1H. The van der Waals surface area contributed by atoms with Crippen LogP contribution in [-0.2, 0) is 6.54 Å². The summed E-state index contributed by atoms with van der Waals surface area (Å²) in [6.45, 7) is 9.90. The third kappa shape index (κ3) is 7.42. The summed E-state index contributed by atoms with van der Waals surface area (Å²) < 4.78 is 0. The van der Waals surface area contributed by atoms with Gasteiger partial charge in [0.25, 0.3) is 0 Å². The van der Waals surface area contributed by atoms with Crippen molar-refractivity contribution >= 4 is 41.3 Å². The molecule has 1 rings (SSSR count). The quantitative estimate of drug-likeness (QED) is 0.356. The Balaban J connectivity index is 0.00000400. The molecule has 3 N–H and O–H groups in total. The smallest absolute Gasteiger partial charge is 0.191 e. The SMILES string of the molecule is CCNC(=NCc1ncc(C)s1)NCC(O)(CC)CC.I. The third-order valence-corrected chi connectivity index (χ3v) is 4.18. The molecule has 0 radical (unpaired) electrons. The van der Waals surface area contributed by atoms with Crippen molar-refractivity contribution in [2.24, 2.45) is 4.99 Å². The molecule has 1 aromatic rings. The van der Waals surface area contributed by atoms with Crippen LogP contribution < -0.4 is 10.6 Å². The van der Waals surface area contributed by atoms with Gasteiger partial charge in [0.05, 0.1) is 12.1 Å². The van der Waals surface area contributed by atoms with Gasteiger partial charge >= 0.3 is 0 Å². The van der Waals surface area contributed by atoms with E-state index in [0.717, 1.165) is 30.4 Å². The van der Waals surface area contributed by atoms with Crippen molar-refractivity contribution in [1.29, 1.82) is 0 Å². The second-order valence-corrected chi connectivity index (χ2v) is 6.16. The highest BCUT2D eigenvalue weighted by Crippen LogP contribution is 2.13. The number of guanidine groups is 1. The van der Waals surface area contributed by atoms with E-state index in [1.165, 1.54) is 4.88 Å². The van der Waals surface area contributed by atoms with Crippen molar-refractivity contribution in [2.45, 2.75) is 52.7 Å². The van der Waals surface area contributed by atoms with Gasteiger partial charge in [-0.25, -0.2) is 9.98 Å². The molecule has 0 aliphatic heterocycles. The van der Waals surface area contributed by atoms with Crippen molar-refractivity contribution in [1.82, 2.24) is 15.6 Å². The van der Waals surface area contributed by atoms with Crippen LogP contribution in [0.2, 0.25) is 0 Å². The largest absolute Gasteiger partial charge is 0.388 e. The Labute approximate surface area is 148 Å². The summed E-state index contributed by atoms with van der Waals surface area (Å²) in [6, 6.07) is 0. The maximum absolute atomic E-state index is 10.3. The number of halogens is 1. The number of thiazole rings is 1. The Morgan fingerprint density at radius 2 is 2.00 bits per heavy atom. The predicted molar refractivity (Wildman–Crippen MR) is 101 cm³/mol. The number of aliphatic imine (C=N–C) groups is 1. The van der Waals surface area contributed by atoms with E-state index in [0.29, 0.717) is 13.1 Å². The van der Waals surface area contributed by atoms with Gasteiger partial charge in [0.1, 0.15) is 5.01 Å². The second kappa shape index (κ2) is 10.3. The number of aromatic nitrogens is 1. The minimum Gasteiger partial charge on any atom is -0.388 e. The molecule has 0 fully saturated rings. The van der Waals surface area contributed by atoms with Crippen LogP contribution in [-0.4, -0.2) is 34.7 Å². The van der Waals surface area contributed by atoms with Crippen LogP contribution in [0.3, 0.4) is 0 Å². The lowest BCUT2D eigenvalue weighted by Crippen LogP contribution is -2.46. The molecule has 0 aromatic carbocycles. The van der Waals surface area contributed by atoms with Crippen LogP contribution in [0.4, 0.5) is 0 Å². The minimum atomic E-state index is -0.673. The average molecular weight is 426 g/mol. The Morgan fingerprint density at radius 3 is 2.48 bits per heavy atom. The fourth-order valence-corrected chi connectivity index (χ4v) is 2.42. The molecule has 0 atom stereocenters. The number of aliphatic hydroxyl groups is 1. The molecule has 21 heavy (non-hydrogen) atoms. The summed E-state index contributed by atoms with van der Waals surface area (Å²) in [5, 5.41) is 17.7. The van der Waals surface area contributed by atoms with Crippen LogP contribution in [0.15, 0.2) is 11.2 Å². The lowest BCUT2D eigenvalue weighted by Gasteiger charge is -2.26. The van der Waals surface area contributed by atoms with E-state index in [4.69, 9.17) is 0 Å². The lowest BCUT2D eigenvalue weighted by molar-refractivity contribution is 0.0367. The summed E-state index contributed by atoms with van der Waals surface area (Å²) in [5.74, 6) is 0.723. The Hall–Kier alpha value is -0.410. The van der Waals surface area contributed by atoms with Gasteiger partial charge in [0, 0.05) is 24.2 Å². The van der Waals surface area contributed by atoms with Crippen molar-refractivity contribution in [3.8, 4) is 0 Å². The summed E-state index contributed by atoms with van der Waals surface area (Å²) in [4.78, 5) is 9.99. The van der Waals surface area contributed by atoms with E-state index in [-0.39, 0.29) is 24.0 Å². The first-order valence-electron chi connectivity index (χ1n) is 7.18. The normalized spacial score (nSPS) is 12.0. The number of nitrogens with one attached hydrogen (secondary N) is 2. The van der Waals surface area contributed by atoms with Gasteiger partial charge in [-0.2, -0.15) is 0 Å². The molecule has 0 amide bonds. The van der Waals surface area contributed by atoms with Gasteiger partial charge in [-0.1, -0.05) is 13.8 Å². The van der Waals surface area contributed by atoms with E-state index < -0.39 is 5.60 Å². The molecule has 0 aliphatic rings. The van der Waals surface area contributed by atoms with Crippen molar-refractivity contribution in [3.63, 3.8) is 0 Å². The number of aryl methyl sites for hydroxylation is 1. The molecule has 1 heterocycles. The van der Waals surface area contributed by atoms with Gasteiger partial charge in [-0.05, 0) is 26.7 Å². The Morgan fingerprint density at radius 1 is 1.33 bits per heavy atom. The van der Waals surface area contributed by atoms with E-state index in [1.54, 1.807) is 11.3 Å². The molecule has 1 aromatic heterocycles. The van der Waals surface area contributed by atoms with Gasteiger partial charge in [0.2, 0.25) is 0 Å². The number of hydrogen-bond donors (Lipinski definition) is 3. The van der Waals surface area contributed by atoms with Crippen LogP contribution in [0.1, 0.15) is 43.5 Å². The van der Waals surface area contributed by atoms with Crippen LogP contribution in [0.5, 0.6) is 0 Å². The topological polar surface area (TPSA) is 69.5 Å². The van der Waals surface area contributed by atoms with Gasteiger partial charge in [-0.3, -0.25) is 0 Å². The summed E-state index contributed by atoms with van der Waals surface area (Å²) in [5.41, 5.74) is -0.673. The third-order valence-electron chi connectivity index (χ3n) is 3.29. The monoisotopic (exact) mass is 426 g/mol. The average Bonchev–Trinajstić information content (AvgIpc) is 2.87. The Kier molecular flexibility index (Phi) is 10.1. The molecule has 0 saturated heterocycles. The molecular weight excluding hydrogens is 399 g/mol. The zero-order valence-electron chi connectivity index (χ0n) is 13.3. The van der Waals surface area contributed by atoms with E-state index in [9.17, 15) is 5.11 Å². The highest BCUT2D eigenvalue weighted by Gasteiger charge is 2.22. The maximum Gasteiger partial charge on any atom is 0.191 e. The molecule has 0 aliphatic carbocycles. The fourth-order valence-electron chi connectivity index (χ4n) is 1.71. The molecule has 0 spiro atoms. The van der Waals surface area contributed by atoms with Gasteiger partial charge in [-0.15, -0.1) is 35.3 Å². The zero-order chi connectivity index (χ0) is 15.0. The zero-order valence-corrected chi connectivity index (χ0v) is 16.4. The first kappa shape index (κ1) is 20.6. The number of nitrogens with zero attached hydrogens (tertiary/aromatic N) is 2. The fraction of sp³-hybridized carbons (Fsp3) is 0.714. The van der Waals surface area contributed by atoms with Crippen molar-refractivity contribution < 1.29 is 5.11 Å². The molecule has 0 bridgehead atoms. The first-order valence-corrected chi connectivity index (χ1v) is 8.00. The summed E-state index contributed by atoms with van der Waals surface area (Å²) in [7, 11) is 0. The number of hydrogen-bond acceptors (Lipinski definition) is 4. The van der Waals surface area contributed by atoms with Gasteiger partial charge < -0.3 is 15.7 Å². The van der Waals surface area contributed by atoms with Gasteiger partial charge in [0.15, 0.2) is 5.96 Å². The van der Waals surface area contributed by atoms with E-state index >= 15 is 0 Å². The van der Waals surface area contributed by atoms with Crippen LogP contribution >= 0.6 is 35.3 Å². The molecule has 122 valence electrons. The molecular formula is C14H27IN4OS. The summed E-state index contributed by atoms with van der Waals surface area (Å²) >= 11 is 1.66. The first-order chi connectivity index (χ1) is 9.53. The number of rotatable bonds is 7. The molecule has 7 heteroatoms. The highest BCUT2D eigenvalue weighted by atomic mass is 127. The van der Waals surface area contributed by atoms with E-state index in [2.05, 4.69) is 20.6 Å². The minimum absolute atomic E-state index is 0. The highest BCUT2D eigenvalue weighted by molar-refractivity contribution is 14.0. The van der Waals surface area contributed by atoms with E-state index in [1.807, 2.05) is 33.9 Å². The Bertz CT molecular complexity index is 432. The predicted octanol–water partition coefficient (Wildman–Crippen LogP) is 2.68.